The zero-order valence-corrected chi connectivity index (χ0v) is 11.5. The molecule has 3 rings (SSSR count). The highest BCUT2D eigenvalue weighted by Gasteiger charge is 2.27. The van der Waals surface area contributed by atoms with E-state index in [1.807, 2.05) is 42.7 Å². The maximum Gasteiger partial charge on any atom is 0.270 e. The highest BCUT2D eigenvalue weighted by atomic mass is 35.5. The number of nitrogens with one attached hydrogen (secondary N) is 1. The first kappa shape index (κ1) is 12.2. The number of nitrogens with zero attached hydrogens (tertiary/aromatic N) is 2. The van der Waals surface area contributed by atoms with Crippen LogP contribution in [0.5, 0.6) is 0 Å². The highest BCUT2D eigenvalue weighted by Crippen LogP contribution is 2.26. The van der Waals surface area contributed by atoms with E-state index in [9.17, 15) is 4.79 Å². The number of halogens is 1. The van der Waals surface area contributed by atoms with Gasteiger partial charge in [-0.15, -0.1) is 0 Å². The molecule has 2 aromatic rings. The lowest BCUT2D eigenvalue weighted by atomic mass is 10.2. The highest BCUT2D eigenvalue weighted by molar-refractivity contribution is 6.30. The summed E-state index contributed by atoms with van der Waals surface area (Å²) in [6.45, 7) is 4.59. The number of benzene rings is 1. The molecule has 1 aliphatic heterocycles. The van der Waals surface area contributed by atoms with E-state index >= 15 is 0 Å². The van der Waals surface area contributed by atoms with Gasteiger partial charge in [0, 0.05) is 23.2 Å². The van der Waals surface area contributed by atoms with Gasteiger partial charge in [0.2, 0.25) is 0 Å². The monoisotopic (exact) mass is 275 g/mol. The summed E-state index contributed by atoms with van der Waals surface area (Å²) in [6.07, 6.45) is 0. The molecule has 1 amide bonds. The first-order valence-electron chi connectivity index (χ1n) is 6.20. The molecule has 0 unspecified atom stereocenters. The molecule has 0 aliphatic carbocycles. The van der Waals surface area contributed by atoms with Gasteiger partial charge >= 0.3 is 0 Å². The van der Waals surface area contributed by atoms with Crippen molar-refractivity contribution in [2.45, 2.75) is 26.4 Å². The third-order valence-electron chi connectivity index (χ3n) is 3.29. The number of amides is 1. The van der Waals surface area contributed by atoms with E-state index in [4.69, 9.17) is 11.6 Å². The van der Waals surface area contributed by atoms with Crippen LogP contribution in [0.2, 0.25) is 5.02 Å². The Hall–Kier alpha value is -1.81. The van der Waals surface area contributed by atoms with Crippen LogP contribution in [0.4, 0.5) is 0 Å². The summed E-state index contributed by atoms with van der Waals surface area (Å²) in [7, 11) is 0. The van der Waals surface area contributed by atoms with Gasteiger partial charge in [-0.05, 0) is 38.1 Å². The summed E-state index contributed by atoms with van der Waals surface area (Å²) in [4.78, 5) is 16.6. The van der Waals surface area contributed by atoms with Crippen LogP contribution in [0.15, 0.2) is 24.3 Å². The van der Waals surface area contributed by atoms with Gasteiger partial charge in [0.1, 0.15) is 11.5 Å². The number of imidazole rings is 1. The third-order valence-corrected chi connectivity index (χ3v) is 3.55. The number of rotatable bonds is 1. The molecule has 0 fully saturated rings. The quantitative estimate of drug-likeness (QED) is 0.870. The third kappa shape index (κ3) is 2.02. The van der Waals surface area contributed by atoms with Gasteiger partial charge < -0.3 is 9.88 Å². The molecule has 1 atom stereocenters. The molecule has 1 aromatic heterocycles. The van der Waals surface area contributed by atoms with E-state index < -0.39 is 0 Å². The summed E-state index contributed by atoms with van der Waals surface area (Å²) in [5.74, 6) is 0.773. The molecule has 2 heterocycles. The van der Waals surface area contributed by atoms with Gasteiger partial charge in [-0.1, -0.05) is 11.6 Å². The summed E-state index contributed by atoms with van der Waals surface area (Å²) in [5.41, 5.74) is 2.39. The first-order chi connectivity index (χ1) is 9.06. The number of hydrogen-bond acceptors (Lipinski definition) is 2. The normalized spacial score (nSPS) is 18.1. The molecule has 5 heteroatoms. The number of aryl methyl sites for hydroxylation is 1. The molecule has 0 radical (unpaired) electrons. The van der Waals surface area contributed by atoms with Crippen molar-refractivity contribution in [3.05, 3.63) is 40.7 Å². The molecular formula is C14H14ClN3O. The molecule has 0 saturated carbocycles. The Morgan fingerprint density at radius 1 is 1.37 bits per heavy atom. The second-order valence-corrected chi connectivity index (χ2v) is 5.30. The fourth-order valence-electron chi connectivity index (χ4n) is 2.47. The number of fused-ring (bicyclic) bond motifs is 1. The van der Waals surface area contributed by atoms with Gasteiger partial charge in [0.05, 0.1) is 5.69 Å². The summed E-state index contributed by atoms with van der Waals surface area (Å²) >= 11 is 5.90. The molecular weight excluding hydrogens is 262 g/mol. The van der Waals surface area contributed by atoms with Crippen LogP contribution in [0, 0.1) is 6.92 Å². The minimum absolute atomic E-state index is 0.0519. The predicted molar refractivity (Wildman–Crippen MR) is 74.3 cm³/mol. The molecule has 1 aromatic carbocycles. The Labute approximate surface area is 116 Å². The van der Waals surface area contributed by atoms with E-state index in [0.29, 0.717) is 10.7 Å². The molecule has 1 aliphatic rings. The number of aromatic nitrogens is 2. The van der Waals surface area contributed by atoms with Crippen LogP contribution >= 0.6 is 11.6 Å². The van der Waals surface area contributed by atoms with Gasteiger partial charge in [-0.25, -0.2) is 4.98 Å². The van der Waals surface area contributed by atoms with Crippen molar-refractivity contribution < 1.29 is 4.79 Å². The maximum atomic E-state index is 12.0. The minimum Gasteiger partial charge on any atom is -0.346 e. The SMILES string of the molecule is Cc1nc(-c2ccc(Cl)cc2)n2c1C(=O)N[C@@H](C)C2. The predicted octanol–water partition coefficient (Wildman–Crippen LogP) is 2.64. The lowest BCUT2D eigenvalue weighted by Gasteiger charge is -2.23. The lowest BCUT2D eigenvalue weighted by Crippen LogP contribution is -2.42. The number of carbonyl (C=O) groups is 1. The lowest BCUT2D eigenvalue weighted by molar-refractivity contribution is 0.0906. The van der Waals surface area contributed by atoms with Crippen molar-refractivity contribution in [3.63, 3.8) is 0 Å². The molecule has 1 N–H and O–H groups in total. The Balaban J connectivity index is 2.16. The summed E-state index contributed by atoms with van der Waals surface area (Å²) in [5, 5.41) is 3.62. The topological polar surface area (TPSA) is 46.9 Å². The van der Waals surface area contributed by atoms with Crippen LogP contribution < -0.4 is 5.32 Å². The van der Waals surface area contributed by atoms with Gasteiger partial charge in [-0.3, -0.25) is 4.79 Å². The summed E-state index contributed by atoms with van der Waals surface area (Å²) < 4.78 is 1.99. The smallest absolute Gasteiger partial charge is 0.270 e. The van der Waals surface area contributed by atoms with Crippen molar-refractivity contribution in [1.29, 1.82) is 0 Å². The second kappa shape index (κ2) is 4.38. The zero-order valence-electron chi connectivity index (χ0n) is 10.8. The van der Waals surface area contributed by atoms with Crippen LogP contribution in [0.3, 0.4) is 0 Å². The van der Waals surface area contributed by atoms with E-state index in [1.54, 1.807) is 0 Å². The van der Waals surface area contributed by atoms with Gasteiger partial charge in [0.25, 0.3) is 5.91 Å². The van der Waals surface area contributed by atoms with Crippen LogP contribution in [0.25, 0.3) is 11.4 Å². The average Bonchev–Trinajstić information content (AvgIpc) is 2.67. The largest absolute Gasteiger partial charge is 0.346 e. The van der Waals surface area contributed by atoms with Crippen LogP contribution in [0.1, 0.15) is 23.1 Å². The maximum absolute atomic E-state index is 12.0. The summed E-state index contributed by atoms with van der Waals surface area (Å²) in [6, 6.07) is 7.63. The molecule has 0 spiro atoms. The van der Waals surface area contributed by atoms with Crippen molar-refractivity contribution in [2.75, 3.05) is 0 Å². The van der Waals surface area contributed by atoms with E-state index in [-0.39, 0.29) is 11.9 Å². The average molecular weight is 276 g/mol. The van der Waals surface area contributed by atoms with Crippen molar-refractivity contribution >= 4 is 17.5 Å². The molecule has 98 valence electrons. The van der Waals surface area contributed by atoms with Crippen LogP contribution in [-0.2, 0) is 6.54 Å². The Kier molecular flexibility index (Phi) is 2.82. The van der Waals surface area contributed by atoms with E-state index in [2.05, 4.69) is 10.3 Å². The van der Waals surface area contributed by atoms with E-state index in [1.165, 1.54) is 0 Å². The Bertz CT molecular complexity index is 645. The first-order valence-corrected chi connectivity index (χ1v) is 6.58. The van der Waals surface area contributed by atoms with Crippen LogP contribution in [-0.4, -0.2) is 21.5 Å². The molecule has 0 saturated heterocycles. The fourth-order valence-corrected chi connectivity index (χ4v) is 2.60. The standard InChI is InChI=1S/C14H14ClN3O/c1-8-7-18-12(14(19)16-8)9(2)17-13(18)10-3-5-11(15)6-4-10/h3-6,8H,7H2,1-2H3,(H,16,19)/t8-/m0/s1. The van der Waals surface area contributed by atoms with Crippen molar-refractivity contribution in [3.8, 4) is 11.4 Å². The zero-order chi connectivity index (χ0) is 13.6. The van der Waals surface area contributed by atoms with Gasteiger partial charge in [-0.2, -0.15) is 0 Å². The molecule has 0 bridgehead atoms. The Morgan fingerprint density at radius 3 is 2.74 bits per heavy atom. The van der Waals surface area contributed by atoms with Crippen molar-refractivity contribution in [1.82, 2.24) is 14.9 Å². The second-order valence-electron chi connectivity index (χ2n) is 4.86. The number of hydrogen-bond donors (Lipinski definition) is 1. The van der Waals surface area contributed by atoms with Gasteiger partial charge in [0.15, 0.2) is 0 Å². The molecule has 4 nitrogen and oxygen atoms in total. The van der Waals surface area contributed by atoms with E-state index in [0.717, 1.165) is 23.6 Å². The van der Waals surface area contributed by atoms with Crippen molar-refractivity contribution in [2.24, 2.45) is 0 Å². The Morgan fingerprint density at radius 2 is 2.05 bits per heavy atom. The minimum atomic E-state index is -0.0519. The fraction of sp³-hybridized carbons (Fsp3) is 0.286. The molecule has 19 heavy (non-hydrogen) atoms. The number of carbonyl (C=O) groups excluding carboxylic acids is 1.